The van der Waals surface area contributed by atoms with Crippen LogP contribution in [0.3, 0.4) is 0 Å². The molecule has 0 spiro atoms. The molecule has 72 valence electrons. The highest BCUT2D eigenvalue weighted by atomic mass is 14.9. The van der Waals surface area contributed by atoms with Gasteiger partial charge in [-0.1, -0.05) is 13.3 Å². The summed E-state index contributed by atoms with van der Waals surface area (Å²) in [5.41, 5.74) is 5.82. The lowest BCUT2D eigenvalue weighted by molar-refractivity contribution is 0.342. The molecule has 0 aromatic carbocycles. The van der Waals surface area contributed by atoms with Gasteiger partial charge in [-0.15, -0.1) is 0 Å². The van der Waals surface area contributed by atoms with Crippen molar-refractivity contribution in [3.63, 3.8) is 0 Å². The molecule has 0 radical (unpaired) electrons. The second-order valence-corrected chi connectivity index (χ2v) is 3.92. The molecular formula is C10H22N2. The van der Waals surface area contributed by atoms with E-state index in [2.05, 4.69) is 12.2 Å². The van der Waals surface area contributed by atoms with Crippen molar-refractivity contribution in [2.24, 2.45) is 5.73 Å². The Labute approximate surface area is 75.9 Å². The van der Waals surface area contributed by atoms with E-state index >= 15 is 0 Å². The van der Waals surface area contributed by atoms with Crippen LogP contribution in [0.4, 0.5) is 0 Å². The zero-order valence-corrected chi connectivity index (χ0v) is 8.18. The number of hydrogen-bond acceptors (Lipinski definition) is 2. The first-order valence-electron chi connectivity index (χ1n) is 5.32. The van der Waals surface area contributed by atoms with Gasteiger partial charge in [0.1, 0.15) is 0 Å². The fourth-order valence-corrected chi connectivity index (χ4v) is 1.81. The van der Waals surface area contributed by atoms with E-state index in [1.807, 2.05) is 0 Å². The van der Waals surface area contributed by atoms with Crippen molar-refractivity contribution in [1.29, 1.82) is 0 Å². The fraction of sp³-hybridized carbons (Fsp3) is 1.00. The number of unbranched alkanes of at least 4 members (excludes halogenated alkanes) is 1. The zero-order valence-electron chi connectivity index (χ0n) is 8.18. The summed E-state index contributed by atoms with van der Waals surface area (Å²) in [4.78, 5) is 0. The van der Waals surface area contributed by atoms with Gasteiger partial charge in [-0.25, -0.2) is 0 Å². The van der Waals surface area contributed by atoms with Crippen LogP contribution in [0.15, 0.2) is 0 Å². The highest BCUT2D eigenvalue weighted by molar-refractivity contribution is 4.78. The molecule has 0 bridgehead atoms. The first kappa shape index (κ1) is 10.0. The van der Waals surface area contributed by atoms with Crippen LogP contribution in [0.1, 0.15) is 45.4 Å². The number of nitrogens with two attached hydrogens (primary N) is 1. The second-order valence-electron chi connectivity index (χ2n) is 3.92. The minimum absolute atomic E-state index is 0.481. The van der Waals surface area contributed by atoms with Crippen LogP contribution in [0, 0.1) is 0 Å². The average molecular weight is 170 g/mol. The molecule has 12 heavy (non-hydrogen) atoms. The van der Waals surface area contributed by atoms with Crippen LogP contribution in [-0.4, -0.2) is 18.6 Å². The third kappa shape index (κ3) is 3.55. The van der Waals surface area contributed by atoms with Crippen molar-refractivity contribution in [1.82, 2.24) is 5.32 Å². The standard InChI is InChI=1S/C10H22N2/c1-2-3-8-12-10-6-4-9(11)5-7-10/h9-10,12H,2-8,11H2,1H3. The lowest BCUT2D eigenvalue weighted by Gasteiger charge is -2.26. The van der Waals surface area contributed by atoms with Crippen LogP contribution < -0.4 is 11.1 Å². The summed E-state index contributed by atoms with van der Waals surface area (Å²) in [6.07, 6.45) is 7.59. The smallest absolute Gasteiger partial charge is 0.00682 e. The molecule has 1 aliphatic rings. The highest BCUT2D eigenvalue weighted by Crippen LogP contribution is 2.16. The maximum atomic E-state index is 5.82. The third-order valence-electron chi connectivity index (χ3n) is 2.74. The van der Waals surface area contributed by atoms with Crippen molar-refractivity contribution in [2.75, 3.05) is 6.54 Å². The summed E-state index contributed by atoms with van der Waals surface area (Å²) < 4.78 is 0. The van der Waals surface area contributed by atoms with E-state index in [0.717, 1.165) is 6.04 Å². The summed E-state index contributed by atoms with van der Waals surface area (Å²) in [6, 6.07) is 1.24. The Hall–Kier alpha value is -0.0800. The Morgan fingerprint density at radius 3 is 2.50 bits per heavy atom. The molecular weight excluding hydrogens is 148 g/mol. The van der Waals surface area contributed by atoms with Crippen molar-refractivity contribution >= 4 is 0 Å². The molecule has 0 aliphatic heterocycles. The first-order chi connectivity index (χ1) is 5.83. The van der Waals surface area contributed by atoms with E-state index < -0.39 is 0 Å². The Bertz CT molecular complexity index is 106. The molecule has 0 heterocycles. The lowest BCUT2D eigenvalue weighted by Crippen LogP contribution is -2.37. The number of nitrogens with one attached hydrogen (secondary N) is 1. The summed E-state index contributed by atoms with van der Waals surface area (Å²) in [7, 11) is 0. The predicted molar refractivity (Wildman–Crippen MR) is 53.1 cm³/mol. The Balaban J connectivity index is 2.01. The van der Waals surface area contributed by atoms with E-state index in [1.165, 1.54) is 45.1 Å². The average Bonchev–Trinajstić information content (AvgIpc) is 2.09. The van der Waals surface area contributed by atoms with Crippen molar-refractivity contribution in [3.05, 3.63) is 0 Å². The Morgan fingerprint density at radius 2 is 1.92 bits per heavy atom. The van der Waals surface area contributed by atoms with E-state index in [-0.39, 0.29) is 0 Å². The van der Waals surface area contributed by atoms with Gasteiger partial charge in [-0.05, 0) is 38.6 Å². The molecule has 0 amide bonds. The number of hydrogen-bond donors (Lipinski definition) is 2. The van der Waals surface area contributed by atoms with Crippen LogP contribution in [0.25, 0.3) is 0 Å². The van der Waals surface area contributed by atoms with Crippen LogP contribution in [-0.2, 0) is 0 Å². The monoisotopic (exact) mass is 170 g/mol. The van der Waals surface area contributed by atoms with Crippen LogP contribution >= 0.6 is 0 Å². The molecule has 1 saturated carbocycles. The summed E-state index contributed by atoms with van der Waals surface area (Å²) in [5, 5.41) is 3.59. The lowest BCUT2D eigenvalue weighted by atomic mass is 9.92. The van der Waals surface area contributed by atoms with Gasteiger partial charge in [0, 0.05) is 12.1 Å². The normalized spacial score (nSPS) is 30.5. The van der Waals surface area contributed by atoms with Gasteiger partial charge in [0.25, 0.3) is 0 Å². The van der Waals surface area contributed by atoms with E-state index in [9.17, 15) is 0 Å². The minimum Gasteiger partial charge on any atom is -0.328 e. The van der Waals surface area contributed by atoms with Crippen LogP contribution in [0.5, 0.6) is 0 Å². The van der Waals surface area contributed by atoms with Crippen molar-refractivity contribution in [2.45, 2.75) is 57.5 Å². The van der Waals surface area contributed by atoms with E-state index in [0.29, 0.717) is 6.04 Å². The van der Waals surface area contributed by atoms with Crippen LogP contribution in [0.2, 0.25) is 0 Å². The van der Waals surface area contributed by atoms with E-state index in [4.69, 9.17) is 5.73 Å². The topological polar surface area (TPSA) is 38.0 Å². The molecule has 1 fully saturated rings. The van der Waals surface area contributed by atoms with Gasteiger partial charge >= 0.3 is 0 Å². The molecule has 1 rings (SSSR count). The minimum atomic E-state index is 0.481. The molecule has 3 N–H and O–H groups in total. The Kier molecular flexibility index (Phi) is 4.62. The second kappa shape index (κ2) is 5.55. The van der Waals surface area contributed by atoms with Gasteiger partial charge in [0.15, 0.2) is 0 Å². The molecule has 0 atom stereocenters. The van der Waals surface area contributed by atoms with Crippen molar-refractivity contribution in [3.8, 4) is 0 Å². The summed E-state index contributed by atoms with van der Waals surface area (Å²) >= 11 is 0. The van der Waals surface area contributed by atoms with E-state index in [1.54, 1.807) is 0 Å². The fourth-order valence-electron chi connectivity index (χ4n) is 1.81. The molecule has 2 heteroatoms. The Morgan fingerprint density at radius 1 is 1.25 bits per heavy atom. The van der Waals surface area contributed by atoms with Gasteiger partial charge in [0.05, 0.1) is 0 Å². The van der Waals surface area contributed by atoms with Gasteiger partial charge in [0.2, 0.25) is 0 Å². The SMILES string of the molecule is CCCCNC1CCC(N)CC1. The maximum Gasteiger partial charge on any atom is 0.00682 e. The first-order valence-corrected chi connectivity index (χ1v) is 5.32. The molecule has 1 aliphatic carbocycles. The van der Waals surface area contributed by atoms with Gasteiger partial charge in [-0.3, -0.25) is 0 Å². The molecule has 2 nitrogen and oxygen atoms in total. The zero-order chi connectivity index (χ0) is 8.81. The molecule has 0 aromatic rings. The molecule has 0 aromatic heterocycles. The summed E-state index contributed by atoms with van der Waals surface area (Å²) in [6.45, 7) is 3.43. The third-order valence-corrected chi connectivity index (χ3v) is 2.74. The quantitative estimate of drug-likeness (QED) is 0.630. The molecule has 0 saturated heterocycles. The maximum absolute atomic E-state index is 5.82. The summed E-state index contributed by atoms with van der Waals surface area (Å²) in [5.74, 6) is 0. The van der Waals surface area contributed by atoms with Crippen molar-refractivity contribution < 1.29 is 0 Å². The predicted octanol–water partition coefficient (Wildman–Crippen LogP) is 1.65. The van der Waals surface area contributed by atoms with Gasteiger partial charge in [-0.2, -0.15) is 0 Å². The highest BCUT2D eigenvalue weighted by Gasteiger charge is 2.16. The largest absolute Gasteiger partial charge is 0.328 e. The molecule has 0 unspecified atom stereocenters. The number of rotatable bonds is 4. The van der Waals surface area contributed by atoms with Gasteiger partial charge < -0.3 is 11.1 Å².